The Labute approximate surface area is 244 Å². The molecule has 0 spiro atoms. The summed E-state index contributed by atoms with van der Waals surface area (Å²) in [5, 5.41) is 7.06. The molecule has 14 atom stereocenters. The van der Waals surface area contributed by atoms with Crippen LogP contribution < -0.4 is 10.6 Å². The maximum absolute atomic E-state index is 14.2. The van der Waals surface area contributed by atoms with Gasteiger partial charge < -0.3 is 39.2 Å². The molecule has 0 radical (unpaired) electrons. The van der Waals surface area contributed by atoms with Crippen LogP contribution in [0.15, 0.2) is 0 Å². The van der Waals surface area contributed by atoms with Crippen LogP contribution in [0.1, 0.15) is 64.7 Å². The van der Waals surface area contributed by atoms with Gasteiger partial charge in [-0.25, -0.2) is 0 Å². The fourth-order valence-corrected chi connectivity index (χ4v) is 9.88. The van der Waals surface area contributed by atoms with E-state index in [1.807, 2.05) is 6.92 Å². The van der Waals surface area contributed by atoms with Crippen molar-refractivity contribution in [3.63, 3.8) is 0 Å². The van der Waals surface area contributed by atoms with Crippen LogP contribution in [-0.4, -0.2) is 112 Å². The van der Waals surface area contributed by atoms with Gasteiger partial charge in [0.25, 0.3) is 0 Å². The van der Waals surface area contributed by atoms with Crippen LogP contribution >= 0.6 is 0 Å². The van der Waals surface area contributed by atoms with Gasteiger partial charge in [-0.1, -0.05) is 0 Å². The fourth-order valence-electron chi connectivity index (χ4n) is 9.88. The summed E-state index contributed by atoms with van der Waals surface area (Å²) in [4.78, 5) is 29.7. The molecule has 6 fully saturated rings. The number of piperidine rings is 2. The van der Waals surface area contributed by atoms with Gasteiger partial charge in [-0.2, -0.15) is 0 Å². The lowest BCUT2D eigenvalue weighted by Gasteiger charge is -2.55. The summed E-state index contributed by atoms with van der Waals surface area (Å²) < 4.78 is 29.3. The van der Waals surface area contributed by atoms with E-state index in [0.29, 0.717) is 17.9 Å². The van der Waals surface area contributed by atoms with Gasteiger partial charge in [-0.15, -0.1) is 0 Å². The van der Waals surface area contributed by atoms with E-state index < -0.39 is 6.10 Å². The number of carbonyl (C=O) groups is 2. The molecule has 0 aromatic rings. The van der Waals surface area contributed by atoms with Crippen LogP contribution in [-0.2, 0) is 33.3 Å². The first kappa shape index (κ1) is 29.8. The number of rotatable bonds is 8. The molecular formula is C31H51N3O7. The molecule has 2 amide bonds. The molecule has 3 saturated heterocycles. The summed E-state index contributed by atoms with van der Waals surface area (Å²) in [6.07, 6.45) is 7.57. The second kappa shape index (κ2) is 12.4. The number of fused-ring (bicyclic) bond motifs is 5. The van der Waals surface area contributed by atoms with E-state index in [1.54, 1.807) is 28.4 Å². The Morgan fingerprint density at radius 3 is 2.34 bits per heavy atom. The van der Waals surface area contributed by atoms with E-state index in [-0.39, 0.29) is 72.3 Å². The molecule has 10 nitrogen and oxygen atoms in total. The minimum atomic E-state index is -0.514. The van der Waals surface area contributed by atoms with Crippen molar-refractivity contribution in [2.45, 2.75) is 126 Å². The molecule has 3 aliphatic heterocycles. The van der Waals surface area contributed by atoms with Gasteiger partial charge in [-0.3, -0.25) is 9.59 Å². The summed E-state index contributed by atoms with van der Waals surface area (Å²) in [5.41, 5.74) is 0. The van der Waals surface area contributed by atoms with Crippen LogP contribution in [0.5, 0.6) is 0 Å². The molecule has 10 heteroatoms. The second-order valence-corrected chi connectivity index (χ2v) is 13.4. The van der Waals surface area contributed by atoms with Crippen molar-refractivity contribution in [3.05, 3.63) is 0 Å². The first-order chi connectivity index (χ1) is 19.9. The summed E-state index contributed by atoms with van der Waals surface area (Å²) in [5.74, 6) is 1.25. The number of amides is 2. The average Bonchev–Trinajstić information content (AvgIpc) is 3.33. The molecule has 0 aromatic carbocycles. The Bertz CT molecular complexity index is 953. The highest BCUT2D eigenvalue weighted by Gasteiger charge is 2.64. The highest BCUT2D eigenvalue weighted by atomic mass is 16.5. The summed E-state index contributed by atoms with van der Waals surface area (Å²) in [7, 11) is 6.88. The van der Waals surface area contributed by atoms with E-state index in [1.165, 1.54) is 0 Å². The number of hydrogen-bond acceptors (Lipinski definition) is 8. The van der Waals surface area contributed by atoms with Gasteiger partial charge in [0.1, 0.15) is 6.10 Å². The smallest absolute Gasteiger partial charge is 0.249 e. The topological polar surface area (TPSA) is 108 Å². The van der Waals surface area contributed by atoms with Gasteiger partial charge >= 0.3 is 0 Å². The molecule has 3 saturated carbocycles. The minimum Gasteiger partial charge on any atom is -0.379 e. The fraction of sp³-hybridized carbons (Fsp3) is 0.935. The Morgan fingerprint density at radius 1 is 0.854 bits per heavy atom. The summed E-state index contributed by atoms with van der Waals surface area (Å²) >= 11 is 0. The third-order valence-electron chi connectivity index (χ3n) is 11.7. The molecule has 13 unspecified atom stereocenters. The third kappa shape index (κ3) is 5.24. The Morgan fingerprint density at radius 2 is 1.61 bits per heavy atom. The maximum atomic E-state index is 14.2. The predicted octanol–water partition coefficient (Wildman–Crippen LogP) is 1.89. The van der Waals surface area contributed by atoms with E-state index >= 15 is 0 Å². The van der Waals surface area contributed by atoms with Crippen LogP contribution in [0.4, 0.5) is 0 Å². The Hall–Kier alpha value is -1.30. The minimum absolute atomic E-state index is 0.00801. The monoisotopic (exact) mass is 577 g/mol. The lowest BCUT2D eigenvalue weighted by atomic mass is 9.64. The van der Waals surface area contributed by atoms with Crippen LogP contribution in [0, 0.1) is 23.7 Å². The molecule has 6 rings (SSSR count). The molecule has 3 aliphatic carbocycles. The van der Waals surface area contributed by atoms with Crippen molar-refractivity contribution in [1.29, 1.82) is 0 Å². The van der Waals surface area contributed by atoms with Crippen molar-refractivity contribution in [3.8, 4) is 0 Å². The van der Waals surface area contributed by atoms with Gasteiger partial charge in [0.2, 0.25) is 11.8 Å². The molecule has 3 heterocycles. The first-order valence-corrected chi connectivity index (χ1v) is 16.0. The SMILES string of the molecule is COC1CCC(NC(=O)[C@H](C)OC2CCC3C(C2)C2CCNC4C5CCC(OC)C(OC)C5C(=O)N3C24)CC1OC. The lowest BCUT2D eigenvalue weighted by molar-refractivity contribution is -0.175. The predicted molar refractivity (Wildman–Crippen MR) is 151 cm³/mol. The lowest BCUT2D eigenvalue weighted by Crippen LogP contribution is -2.70. The Kier molecular flexibility index (Phi) is 8.97. The second-order valence-electron chi connectivity index (χ2n) is 13.4. The van der Waals surface area contributed by atoms with Crippen molar-refractivity contribution < 1.29 is 33.3 Å². The largest absolute Gasteiger partial charge is 0.379 e. The summed E-state index contributed by atoms with van der Waals surface area (Å²) in [6.45, 7) is 2.86. The van der Waals surface area contributed by atoms with Crippen LogP contribution in [0.25, 0.3) is 0 Å². The van der Waals surface area contributed by atoms with Gasteiger partial charge in [-0.05, 0) is 89.0 Å². The highest BCUT2D eigenvalue weighted by molar-refractivity contribution is 5.83. The quantitative estimate of drug-likeness (QED) is 0.451. The number of nitrogens with one attached hydrogen (secondary N) is 2. The molecule has 232 valence electrons. The maximum Gasteiger partial charge on any atom is 0.249 e. The van der Waals surface area contributed by atoms with Crippen LogP contribution in [0.2, 0.25) is 0 Å². The van der Waals surface area contributed by atoms with Crippen molar-refractivity contribution >= 4 is 11.8 Å². The zero-order valence-corrected chi connectivity index (χ0v) is 25.5. The van der Waals surface area contributed by atoms with E-state index in [4.69, 9.17) is 23.7 Å². The number of nitrogens with zero attached hydrogens (tertiary/aromatic N) is 1. The first-order valence-electron chi connectivity index (χ1n) is 16.0. The van der Waals surface area contributed by atoms with E-state index in [0.717, 1.165) is 64.3 Å². The number of methoxy groups -OCH3 is 4. The molecule has 41 heavy (non-hydrogen) atoms. The average molecular weight is 578 g/mol. The number of ether oxygens (including phenoxy) is 5. The molecular weight excluding hydrogens is 526 g/mol. The van der Waals surface area contributed by atoms with Gasteiger partial charge in [0.05, 0.1) is 42.5 Å². The van der Waals surface area contributed by atoms with E-state index in [2.05, 4.69) is 15.5 Å². The summed E-state index contributed by atoms with van der Waals surface area (Å²) in [6, 6.07) is 0.874. The molecule has 6 aliphatic rings. The molecule has 2 N–H and O–H groups in total. The van der Waals surface area contributed by atoms with E-state index in [9.17, 15) is 9.59 Å². The standard InChI is InChI=1S/C31H51N3O7/c1-16(30(35)33-17-6-10-23(37-2)25(14-17)39-4)41-18-7-9-22-21(15-18)19-12-13-32-27-20-8-11-24(38-3)29(40-5)26(20)31(36)34(22)28(19)27/h16-29,32H,6-15H2,1-5H3,(H,33,35)/t16-,17?,18?,19?,20?,21?,22?,23?,24?,25?,26?,27?,28?,29?/m0/s1. The highest BCUT2D eigenvalue weighted by Crippen LogP contribution is 2.54. The Balaban J connectivity index is 1.10. The zero-order chi connectivity index (χ0) is 28.8. The molecule has 0 aromatic heterocycles. The third-order valence-corrected chi connectivity index (χ3v) is 11.7. The van der Waals surface area contributed by atoms with Crippen LogP contribution in [0.3, 0.4) is 0 Å². The van der Waals surface area contributed by atoms with Gasteiger partial charge in [0, 0.05) is 46.6 Å². The number of carbonyl (C=O) groups excluding carboxylic acids is 2. The zero-order valence-electron chi connectivity index (χ0n) is 25.5. The van der Waals surface area contributed by atoms with Crippen molar-refractivity contribution in [2.75, 3.05) is 35.0 Å². The van der Waals surface area contributed by atoms with Crippen molar-refractivity contribution in [1.82, 2.24) is 15.5 Å². The van der Waals surface area contributed by atoms with Gasteiger partial charge in [0.15, 0.2) is 0 Å². The number of hydrogen-bond donors (Lipinski definition) is 2. The van der Waals surface area contributed by atoms with Crippen molar-refractivity contribution in [2.24, 2.45) is 23.7 Å². The normalized spacial score (nSPS) is 46.3. The molecule has 0 bridgehead atoms.